The van der Waals surface area contributed by atoms with Crippen LogP contribution in [0.25, 0.3) is 16.9 Å². The highest BCUT2D eigenvalue weighted by atomic mass is 32.2. The number of nitrogens with one attached hydrogen (secondary N) is 1. The standard InChI is InChI=1S/C17H13N7OS/c18-8-3-9-21-26-17(25)22-16-11-20-15-7-6-14(23-24(15)16)13-5-2-1-4-12(13)10-19/h1-9,11H,18H2,(H,22,25)/b8-3-,21-9-. The minimum atomic E-state index is -0.391. The summed E-state index contributed by atoms with van der Waals surface area (Å²) in [5.74, 6) is 0.401. The van der Waals surface area contributed by atoms with Crippen LogP contribution < -0.4 is 11.1 Å². The maximum absolute atomic E-state index is 11.9. The van der Waals surface area contributed by atoms with E-state index < -0.39 is 5.24 Å². The van der Waals surface area contributed by atoms with Crippen molar-refractivity contribution in [3.05, 3.63) is 60.4 Å². The van der Waals surface area contributed by atoms with Gasteiger partial charge >= 0.3 is 5.24 Å². The molecule has 1 aromatic carbocycles. The molecule has 9 heteroatoms. The summed E-state index contributed by atoms with van der Waals surface area (Å²) in [5, 5.41) is 16.0. The Morgan fingerprint density at radius 3 is 3.00 bits per heavy atom. The fourth-order valence-electron chi connectivity index (χ4n) is 2.20. The lowest BCUT2D eigenvalue weighted by molar-refractivity contribution is 0.269. The first kappa shape index (κ1) is 17.2. The molecule has 0 unspecified atom stereocenters. The number of nitriles is 1. The summed E-state index contributed by atoms with van der Waals surface area (Å²) in [5.41, 5.74) is 7.57. The largest absolute Gasteiger partial charge is 0.405 e. The molecule has 0 aliphatic carbocycles. The van der Waals surface area contributed by atoms with Gasteiger partial charge in [-0.2, -0.15) is 14.9 Å². The van der Waals surface area contributed by atoms with Gasteiger partial charge in [0.25, 0.3) is 0 Å². The van der Waals surface area contributed by atoms with Gasteiger partial charge in [-0.05, 0) is 30.5 Å². The summed E-state index contributed by atoms with van der Waals surface area (Å²) in [6.45, 7) is 0. The zero-order valence-electron chi connectivity index (χ0n) is 13.4. The van der Waals surface area contributed by atoms with Crippen molar-refractivity contribution in [2.24, 2.45) is 10.1 Å². The maximum atomic E-state index is 11.9. The fourth-order valence-corrected chi connectivity index (χ4v) is 2.57. The minimum absolute atomic E-state index is 0.391. The smallest absolute Gasteiger partial charge is 0.307 e. The third-order valence-electron chi connectivity index (χ3n) is 3.31. The van der Waals surface area contributed by atoms with Crippen LogP contribution in [0.15, 0.2) is 59.3 Å². The van der Waals surface area contributed by atoms with Crippen molar-refractivity contribution in [1.82, 2.24) is 14.6 Å². The van der Waals surface area contributed by atoms with Crippen LogP contribution in [0.1, 0.15) is 5.56 Å². The molecule has 26 heavy (non-hydrogen) atoms. The third-order valence-corrected chi connectivity index (χ3v) is 3.80. The molecule has 128 valence electrons. The van der Waals surface area contributed by atoms with E-state index in [1.165, 1.54) is 29.2 Å². The lowest BCUT2D eigenvalue weighted by Crippen LogP contribution is -2.08. The zero-order valence-corrected chi connectivity index (χ0v) is 14.2. The van der Waals surface area contributed by atoms with Crippen molar-refractivity contribution < 1.29 is 4.79 Å². The number of fused-ring (bicyclic) bond motifs is 1. The summed E-state index contributed by atoms with van der Waals surface area (Å²) in [7, 11) is 0. The number of nitrogens with zero attached hydrogens (tertiary/aromatic N) is 5. The average Bonchev–Trinajstić information content (AvgIpc) is 3.07. The molecule has 0 spiro atoms. The molecule has 2 aromatic heterocycles. The molecule has 0 saturated heterocycles. The van der Waals surface area contributed by atoms with Crippen LogP contribution in [0.3, 0.4) is 0 Å². The Labute approximate surface area is 153 Å². The van der Waals surface area contributed by atoms with Crippen LogP contribution >= 0.6 is 11.9 Å². The Balaban J connectivity index is 1.89. The molecule has 3 aromatic rings. The second-order valence-corrected chi connectivity index (χ2v) is 5.70. The van der Waals surface area contributed by atoms with Gasteiger partial charge in [0, 0.05) is 11.8 Å². The number of hydrogen-bond donors (Lipinski definition) is 2. The molecule has 3 N–H and O–H groups in total. The van der Waals surface area contributed by atoms with Crippen LogP contribution in [-0.2, 0) is 0 Å². The molecule has 3 rings (SSSR count). The number of carbonyl (C=O) groups is 1. The molecule has 0 atom stereocenters. The molecular weight excluding hydrogens is 350 g/mol. The van der Waals surface area contributed by atoms with Crippen molar-refractivity contribution in [2.45, 2.75) is 0 Å². The number of rotatable bonds is 4. The Hall–Kier alpha value is -3.64. The van der Waals surface area contributed by atoms with E-state index in [1.807, 2.05) is 12.1 Å². The fraction of sp³-hybridized carbons (Fsp3) is 0. The van der Waals surface area contributed by atoms with E-state index in [0.717, 1.165) is 11.9 Å². The zero-order chi connectivity index (χ0) is 18.4. The first-order chi connectivity index (χ1) is 12.7. The molecule has 0 fully saturated rings. The number of carbonyl (C=O) groups excluding carboxylic acids is 1. The lowest BCUT2D eigenvalue weighted by Gasteiger charge is -2.06. The van der Waals surface area contributed by atoms with Crippen LogP contribution in [0.5, 0.6) is 0 Å². The summed E-state index contributed by atoms with van der Waals surface area (Å²) >= 11 is 0.730. The normalized spacial score (nSPS) is 11.2. The second kappa shape index (κ2) is 7.96. The van der Waals surface area contributed by atoms with E-state index in [4.69, 9.17) is 5.73 Å². The summed E-state index contributed by atoms with van der Waals surface area (Å²) in [4.78, 5) is 16.1. The van der Waals surface area contributed by atoms with Crippen molar-refractivity contribution in [3.8, 4) is 17.3 Å². The molecule has 0 saturated carbocycles. The Morgan fingerprint density at radius 2 is 2.19 bits per heavy atom. The predicted octanol–water partition coefficient (Wildman–Crippen LogP) is 2.99. The SMILES string of the molecule is N#Cc1ccccc1-c1ccc2ncc(NC(=O)S/N=C\C=C/N)n2n1. The molecule has 0 bridgehead atoms. The van der Waals surface area contributed by atoms with E-state index in [1.54, 1.807) is 24.3 Å². The molecule has 0 radical (unpaired) electrons. The van der Waals surface area contributed by atoms with Gasteiger partial charge in [-0.3, -0.25) is 10.1 Å². The Bertz CT molecular complexity index is 1050. The van der Waals surface area contributed by atoms with Crippen molar-refractivity contribution in [2.75, 3.05) is 5.32 Å². The number of hydrogen-bond acceptors (Lipinski definition) is 7. The van der Waals surface area contributed by atoms with Gasteiger partial charge in [-0.1, -0.05) is 18.2 Å². The Kier molecular flexibility index (Phi) is 5.26. The molecular formula is C17H13N7OS. The van der Waals surface area contributed by atoms with Crippen LogP contribution in [0.2, 0.25) is 0 Å². The van der Waals surface area contributed by atoms with Gasteiger partial charge in [0.15, 0.2) is 11.5 Å². The van der Waals surface area contributed by atoms with E-state index in [0.29, 0.717) is 28.3 Å². The predicted molar refractivity (Wildman–Crippen MR) is 102 cm³/mol. The Morgan fingerprint density at radius 1 is 1.35 bits per heavy atom. The number of aromatic nitrogens is 3. The monoisotopic (exact) mass is 363 g/mol. The third kappa shape index (κ3) is 3.71. The summed E-state index contributed by atoms with van der Waals surface area (Å²) < 4.78 is 5.34. The van der Waals surface area contributed by atoms with Gasteiger partial charge in [0.2, 0.25) is 0 Å². The van der Waals surface area contributed by atoms with E-state index in [9.17, 15) is 10.1 Å². The van der Waals surface area contributed by atoms with E-state index >= 15 is 0 Å². The number of imidazole rings is 1. The van der Waals surface area contributed by atoms with Gasteiger partial charge in [0.05, 0.1) is 35.5 Å². The van der Waals surface area contributed by atoms with Crippen molar-refractivity contribution in [1.29, 1.82) is 5.26 Å². The maximum Gasteiger partial charge on any atom is 0.307 e. The number of anilines is 1. The number of nitrogens with two attached hydrogens (primary N) is 1. The van der Waals surface area contributed by atoms with Crippen molar-refractivity contribution >= 4 is 34.9 Å². The molecule has 8 nitrogen and oxygen atoms in total. The number of benzene rings is 1. The summed E-state index contributed by atoms with van der Waals surface area (Å²) in [6.07, 6.45) is 5.74. The first-order valence-electron chi connectivity index (χ1n) is 7.45. The van der Waals surface area contributed by atoms with Crippen LogP contribution in [0.4, 0.5) is 10.6 Å². The van der Waals surface area contributed by atoms with Gasteiger partial charge in [-0.15, -0.1) is 0 Å². The van der Waals surface area contributed by atoms with Gasteiger partial charge < -0.3 is 5.73 Å². The van der Waals surface area contributed by atoms with Gasteiger partial charge in [0.1, 0.15) is 0 Å². The highest BCUT2D eigenvalue weighted by Gasteiger charge is 2.11. The number of amides is 1. The highest BCUT2D eigenvalue weighted by Crippen LogP contribution is 2.23. The van der Waals surface area contributed by atoms with Crippen LogP contribution in [-0.4, -0.2) is 26.1 Å². The average molecular weight is 363 g/mol. The first-order valence-corrected chi connectivity index (χ1v) is 8.23. The molecule has 1 amide bonds. The quantitative estimate of drug-likeness (QED) is 0.543. The van der Waals surface area contributed by atoms with Crippen LogP contribution in [0, 0.1) is 11.3 Å². The van der Waals surface area contributed by atoms with E-state index in [2.05, 4.69) is 25.9 Å². The molecule has 0 aliphatic heterocycles. The van der Waals surface area contributed by atoms with Gasteiger partial charge in [-0.25, -0.2) is 9.38 Å². The van der Waals surface area contributed by atoms with Crippen molar-refractivity contribution in [3.63, 3.8) is 0 Å². The lowest BCUT2D eigenvalue weighted by atomic mass is 10.1. The molecule has 2 heterocycles. The highest BCUT2D eigenvalue weighted by molar-refractivity contribution is 8.12. The second-order valence-electron chi connectivity index (χ2n) is 4.93. The summed E-state index contributed by atoms with van der Waals surface area (Å²) in [6, 6.07) is 12.9. The molecule has 0 aliphatic rings. The number of allylic oxidation sites excluding steroid dienone is 1. The topological polar surface area (TPSA) is 121 Å². The minimum Gasteiger partial charge on any atom is -0.405 e. The van der Waals surface area contributed by atoms with E-state index in [-0.39, 0.29) is 0 Å².